The predicted octanol–water partition coefficient (Wildman–Crippen LogP) is 15.5. The first-order chi connectivity index (χ1) is 28.4. The maximum Gasteiger partial charge on any atom is 0.0541 e. The van der Waals surface area contributed by atoms with E-state index in [0.717, 1.165) is 17.1 Å². The summed E-state index contributed by atoms with van der Waals surface area (Å²) in [5.41, 5.74) is 16.7. The van der Waals surface area contributed by atoms with Crippen LogP contribution in [0.2, 0.25) is 0 Å². The van der Waals surface area contributed by atoms with Gasteiger partial charge in [0.05, 0.1) is 16.7 Å². The molecular weight excluding hydrogens is 701 g/mol. The molecule has 0 saturated carbocycles. The number of para-hydroxylation sites is 2. The van der Waals surface area contributed by atoms with Crippen molar-refractivity contribution in [3.63, 3.8) is 0 Å². The molecule has 10 rings (SSSR count). The van der Waals surface area contributed by atoms with Crippen LogP contribution >= 0.6 is 0 Å². The number of hydrogen-bond acceptors (Lipinski definition) is 1. The van der Waals surface area contributed by atoms with Gasteiger partial charge in [-0.2, -0.15) is 0 Å². The molecule has 0 atom stereocenters. The number of fused-ring (bicyclic) bond motifs is 5. The number of anilines is 3. The minimum absolute atomic E-state index is 0.163. The van der Waals surface area contributed by atoms with E-state index in [0.29, 0.717) is 0 Å². The maximum atomic E-state index is 4.21. The Kier molecular flexibility index (Phi) is 8.57. The van der Waals surface area contributed by atoms with Gasteiger partial charge in [0.15, 0.2) is 0 Å². The van der Waals surface area contributed by atoms with Crippen molar-refractivity contribution in [2.45, 2.75) is 26.2 Å². The summed E-state index contributed by atoms with van der Waals surface area (Å²) >= 11 is 0. The van der Waals surface area contributed by atoms with Crippen molar-refractivity contribution in [3.05, 3.63) is 223 Å². The van der Waals surface area contributed by atoms with Gasteiger partial charge in [-0.1, -0.05) is 154 Å². The van der Waals surface area contributed by atoms with Gasteiger partial charge in [0, 0.05) is 38.6 Å². The molecule has 58 heavy (non-hydrogen) atoms. The molecule has 1 heterocycles. The Labute approximate surface area is 341 Å². The molecule has 2 heteroatoms. The Morgan fingerprint density at radius 2 is 1.17 bits per heavy atom. The monoisotopic (exact) mass is 744 g/mol. The summed E-state index contributed by atoms with van der Waals surface area (Å²) in [6, 6.07) is 66.5. The smallest absolute Gasteiger partial charge is 0.0541 e. The van der Waals surface area contributed by atoms with Crippen molar-refractivity contribution in [1.29, 1.82) is 0 Å². The number of aromatic nitrogens is 1. The number of allylic oxidation sites excluding steroid dienone is 5. The van der Waals surface area contributed by atoms with Gasteiger partial charge in [-0.3, -0.25) is 0 Å². The number of hydrogen-bond donors (Lipinski definition) is 0. The van der Waals surface area contributed by atoms with Crippen LogP contribution in [0.25, 0.3) is 66.1 Å². The number of nitrogens with zero attached hydrogens (tertiary/aromatic N) is 2. The highest BCUT2D eigenvalue weighted by Crippen LogP contribution is 2.50. The van der Waals surface area contributed by atoms with Gasteiger partial charge >= 0.3 is 0 Å². The molecular formula is C56H44N2. The molecule has 2 nitrogen and oxygen atoms in total. The molecule has 0 amide bonds. The highest BCUT2D eigenvalue weighted by molar-refractivity contribution is 6.10. The predicted molar refractivity (Wildman–Crippen MR) is 249 cm³/mol. The summed E-state index contributed by atoms with van der Waals surface area (Å²) in [4.78, 5) is 2.42. The van der Waals surface area contributed by atoms with Gasteiger partial charge in [-0.25, -0.2) is 0 Å². The second kappa shape index (κ2) is 14.1. The Balaban J connectivity index is 1.05. The second-order valence-corrected chi connectivity index (χ2v) is 15.8. The Morgan fingerprint density at radius 1 is 0.534 bits per heavy atom. The molecule has 0 fully saturated rings. The Morgan fingerprint density at radius 3 is 1.97 bits per heavy atom. The van der Waals surface area contributed by atoms with Crippen molar-refractivity contribution in [2.75, 3.05) is 4.90 Å². The van der Waals surface area contributed by atoms with Gasteiger partial charge < -0.3 is 9.47 Å². The van der Waals surface area contributed by atoms with E-state index in [9.17, 15) is 0 Å². The Hall–Kier alpha value is -7.16. The SMILES string of the molecule is C=CC1=C(/C=C\C)C(C)(C)c2cc(N(c3ccc(-c4cccc(-c5ccc6c(c5)c5ccccc5n6-c5ccccc5)c4)cc3)c3cccc4ccccc34)ccc21. The van der Waals surface area contributed by atoms with Crippen LogP contribution < -0.4 is 4.90 Å². The van der Waals surface area contributed by atoms with Crippen molar-refractivity contribution < 1.29 is 0 Å². The minimum Gasteiger partial charge on any atom is -0.310 e. The van der Waals surface area contributed by atoms with E-state index in [1.165, 1.54) is 82.8 Å². The van der Waals surface area contributed by atoms with Gasteiger partial charge in [0.25, 0.3) is 0 Å². The lowest BCUT2D eigenvalue weighted by molar-refractivity contribution is 0.654. The van der Waals surface area contributed by atoms with Gasteiger partial charge in [-0.15, -0.1) is 0 Å². The summed E-state index contributed by atoms with van der Waals surface area (Å²) in [5, 5.41) is 4.94. The molecule has 278 valence electrons. The van der Waals surface area contributed by atoms with E-state index in [1.807, 2.05) is 6.08 Å². The summed E-state index contributed by atoms with van der Waals surface area (Å²) in [7, 11) is 0. The summed E-state index contributed by atoms with van der Waals surface area (Å²) < 4.78 is 2.37. The van der Waals surface area contributed by atoms with Crippen LogP contribution in [0.3, 0.4) is 0 Å². The highest BCUT2D eigenvalue weighted by atomic mass is 15.1. The third-order valence-electron chi connectivity index (χ3n) is 12.1. The lowest BCUT2D eigenvalue weighted by Gasteiger charge is -2.29. The molecule has 0 bridgehead atoms. The molecule has 0 radical (unpaired) electrons. The van der Waals surface area contributed by atoms with Crippen molar-refractivity contribution in [3.8, 4) is 27.9 Å². The number of rotatable bonds is 8. The first-order valence-corrected chi connectivity index (χ1v) is 20.2. The maximum absolute atomic E-state index is 4.21. The fourth-order valence-electron chi connectivity index (χ4n) is 9.25. The summed E-state index contributed by atoms with van der Waals surface area (Å²) in [6.45, 7) is 11.0. The molecule has 0 saturated heterocycles. The van der Waals surface area contributed by atoms with Crippen LogP contribution in [0.5, 0.6) is 0 Å². The van der Waals surface area contributed by atoms with E-state index in [1.54, 1.807) is 0 Å². The third kappa shape index (κ3) is 5.72. The zero-order valence-corrected chi connectivity index (χ0v) is 33.2. The minimum atomic E-state index is -0.163. The Bertz CT molecular complexity index is 3100. The lowest BCUT2D eigenvalue weighted by atomic mass is 9.80. The molecule has 9 aromatic rings. The molecule has 0 aliphatic heterocycles. The van der Waals surface area contributed by atoms with E-state index < -0.39 is 0 Å². The molecule has 1 aromatic heterocycles. The van der Waals surface area contributed by atoms with Gasteiger partial charge in [0.1, 0.15) is 0 Å². The molecule has 1 aliphatic carbocycles. The van der Waals surface area contributed by atoms with Crippen molar-refractivity contribution in [2.24, 2.45) is 0 Å². The summed E-state index contributed by atoms with van der Waals surface area (Å²) in [5.74, 6) is 0. The highest BCUT2D eigenvalue weighted by Gasteiger charge is 2.36. The van der Waals surface area contributed by atoms with Gasteiger partial charge in [0.2, 0.25) is 0 Å². The molecule has 1 aliphatic rings. The molecule has 0 spiro atoms. The molecule has 0 unspecified atom stereocenters. The standard InChI is InChI=1S/C56H44N2/c1-5-16-51-46(6-2)48-33-32-45(37-52(48)56(51,3)4)57(53-26-15-18-39-17-10-11-23-47(39)53)44-30-27-38(28-31-44)40-19-14-20-41(35-40)42-29-34-55-50(36-42)49-24-12-13-25-54(49)58(55)43-21-8-7-9-22-43/h5-37H,2H2,1,3-4H3/b16-5-. The largest absolute Gasteiger partial charge is 0.310 e. The average Bonchev–Trinajstić information content (AvgIpc) is 3.71. The molecule has 0 N–H and O–H groups in total. The first-order valence-electron chi connectivity index (χ1n) is 20.2. The second-order valence-electron chi connectivity index (χ2n) is 15.8. The van der Waals surface area contributed by atoms with Crippen LogP contribution in [-0.4, -0.2) is 4.57 Å². The summed E-state index contributed by atoms with van der Waals surface area (Å²) in [6.07, 6.45) is 6.40. The van der Waals surface area contributed by atoms with E-state index in [2.05, 4.69) is 231 Å². The topological polar surface area (TPSA) is 8.17 Å². The van der Waals surface area contributed by atoms with Crippen LogP contribution in [0, 0.1) is 0 Å². The zero-order chi connectivity index (χ0) is 39.4. The average molecular weight is 745 g/mol. The fraction of sp³-hybridized carbons (Fsp3) is 0.0714. The van der Waals surface area contributed by atoms with E-state index >= 15 is 0 Å². The quantitative estimate of drug-likeness (QED) is 0.150. The van der Waals surface area contributed by atoms with E-state index in [4.69, 9.17) is 0 Å². The van der Waals surface area contributed by atoms with Crippen molar-refractivity contribution in [1.82, 2.24) is 4.57 Å². The van der Waals surface area contributed by atoms with Gasteiger partial charge in [-0.05, 0) is 124 Å². The fourth-order valence-corrected chi connectivity index (χ4v) is 9.25. The number of benzene rings is 8. The van der Waals surface area contributed by atoms with Crippen LogP contribution in [-0.2, 0) is 5.41 Å². The normalized spacial score (nSPS) is 13.5. The van der Waals surface area contributed by atoms with Crippen LogP contribution in [0.4, 0.5) is 17.1 Å². The third-order valence-corrected chi connectivity index (χ3v) is 12.1. The van der Waals surface area contributed by atoms with Crippen LogP contribution in [0.1, 0.15) is 31.9 Å². The van der Waals surface area contributed by atoms with Crippen LogP contribution in [0.15, 0.2) is 212 Å². The van der Waals surface area contributed by atoms with Crippen molar-refractivity contribution >= 4 is 55.2 Å². The zero-order valence-electron chi connectivity index (χ0n) is 33.2. The first kappa shape index (κ1) is 35.3. The van der Waals surface area contributed by atoms with E-state index in [-0.39, 0.29) is 5.41 Å². The lowest BCUT2D eigenvalue weighted by Crippen LogP contribution is -2.17. The molecule has 8 aromatic carbocycles.